The Morgan fingerprint density at radius 3 is 2.64 bits per heavy atom. The quantitative estimate of drug-likeness (QED) is 0.703. The van der Waals surface area contributed by atoms with Crippen molar-refractivity contribution in [2.75, 3.05) is 14.2 Å². The predicted octanol–water partition coefficient (Wildman–Crippen LogP) is 1.38. The van der Waals surface area contributed by atoms with E-state index >= 15 is 0 Å². The van der Waals surface area contributed by atoms with Crippen molar-refractivity contribution in [1.29, 1.82) is 0 Å². The third-order valence-corrected chi connectivity index (χ3v) is 2.08. The van der Waals surface area contributed by atoms with E-state index in [-0.39, 0.29) is 12.3 Å². The monoisotopic (exact) mass is 199 g/mol. The van der Waals surface area contributed by atoms with Gasteiger partial charge in [-0.25, -0.2) is 0 Å². The molecule has 0 saturated carbocycles. The molecular formula is C10H17NO3. The molecule has 0 aliphatic rings. The molecule has 0 aromatic carbocycles. The molecule has 4 nitrogen and oxygen atoms in total. The molecule has 4 heteroatoms. The van der Waals surface area contributed by atoms with Gasteiger partial charge in [-0.3, -0.25) is 0 Å². The van der Waals surface area contributed by atoms with Crippen molar-refractivity contribution < 1.29 is 13.9 Å². The van der Waals surface area contributed by atoms with Crippen molar-refractivity contribution in [1.82, 2.24) is 5.32 Å². The zero-order valence-electron chi connectivity index (χ0n) is 8.82. The highest BCUT2D eigenvalue weighted by atomic mass is 16.7. The number of methoxy groups -OCH3 is 2. The summed E-state index contributed by atoms with van der Waals surface area (Å²) in [6.07, 6.45) is 3.15. The molecule has 14 heavy (non-hydrogen) atoms. The van der Waals surface area contributed by atoms with Gasteiger partial charge in [-0.05, 0) is 13.0 Å². The summed E-state index contributed by atoms with van der Waals surface area (Å²) in [5, 5.41) is 3.28. The Hall–Kier alpha value is -0.840. The van der Waals surface area contributed by atoms with Gasteiger partial charge in [0.05, 0.1) is 18.6 Å². The molecule has 0 spiro atoms. The van der Waals surface area contributed by atoms with Crippen LogP contribution in [0.15, 0.2) is 23.0 Å². The summed E-state index contributed by atoms with van der Waals surface area (Å²) in [7, 11) is 3.26. The molecule has 1 heterocycles. The van der Waals surface area contributed by atoms with Gasteiger partial charge in [0.15, 0.2) is 6.29 Å². The van der Waals surface area contributed by atoms with Crippen molar-refractivity contribution in [2.24, 2.45) is 0 Å². The predicted molar refractivity (Wildman–Crippen MR) is 52.8 cm³/mol. The number of hydrogen-bond donors (Lipinski definition) is 1. The van der Waals surface area contributed by atoms with E-state index in [1.165, 1.54) is 0 Å². The lowest BCUT2D eigenvalue weighted by atomic mass is 10.3. The number of rotatable bonds is 6. The lowest BCUT2D eigenvalue weighted by Crippen LogP contribution is -2.39. The van der Waals surface area contributed by atoms with Gasteiger partial charge < -0.3 is 19.2 Å². The highest BCUT2D eigenvalue weighted by Crippen LogP contribution is 2.02. The van der Waals surface area contributed by atoms with E-state index < -0.39 is 0 Å². The van der Waals surface area contributed by atoms with Gasteiger partial charge in [0, 0.05) is 26.3 Å². The van der Waals surface area contributed by atoms with E-state index in [0.29, 0.717) is 0 Å². The van der Waals surface area contributed by atoms with E-state index in [4.69, 9.17) is 13.9 Å². The van der Waals surface area contributed by atoms with E-state index in [1.807, 2.05) is 13.0 Å². The number of furan rings is 1. The van der Waals surface area contributed by atoms with Gasteiger partial charge >= 0.3 is 0 Å². The minimum Gasteiger partial charge on any atom is -0.472 e. The summed E-state index contributed by atoms with van der Waals surface area (Å²) in [4.78, 5) is 0. The lowest BCUT2D eigenvalue weighted by Gasteiger charge is -2.21. The first kappa shape index (κ1) is 11.2. The van der Waals surface area contributed by atoms with Gasteiger partial charge in [-0.15, -0.1) is 0 Å². The van der Waals surface area contributed by atoms with Crippen molar-refractivity contribution in [3.63, 3.8) is 0 Å². The first-order valence-corrected chi connectivity index (χ1v) is 4.58. The minimum absolute atomic E-state index is 0.139. The molecule has 1 unspecified atom stereocenters. The van der Waals surface area contributed by atoms with Gasteiger partial charge in [-0.1, -0.05) is 0 Å². The summed E-state index contributed by atoms with van der Waals surface area (Å²) in [5.41, 5.74) is 1.11. The Labute approximate surface area is 84.2 Å². The zero-order chi connectivity index (χ0) is 10.4. The Morgan fingerprint density at radius 2 is 2.14 bits per heavy atom. The van der Waals surface area contributed by atoms with Crippen LogP contribution in [-0.2, 0) is 16.0 Å². The summed E-state index contributed by atoms with van der Waals surface area (Å²) in [6.45, 7) is 2.76. The van der Waals surface area contributed by atoms with Crippen molar-refractivity contribution >= 4 is 0 Å². The first-order valence-electron chi connectivity index (χ1n) is 4.58. The van der Waals surface area contributed by atoms with E-state index in [2.05, 4.69) is 5.32 Å². The van der Waals surface area contributed by atoms with Crippen molar-refractivity contribution in [3.05, 3.63) is 24.2 Å². The van der Waals surface area contributed by atoms with Crippen LogP contribution in [0.4, 0.5) is 0 Å². The van der Waals surface area contributed by atoms with Crippen LogP contribution in [0.1, 0.15) is 12.5 Å². The van der Waals surface area contributed by atoms with Crippen LogP contribution in [0.3, 0.4) is 0 Å². The SMILES string of the molecule is COC(OC)C(C)NCc1ccoc1. The summed E-state index contributed by atoms with van der Waals surface area (Å²) >= 11 is 0. The van der Waals surface area contributed by atoms with Crippen LogP contribution >= 0.6 is 0 Å². The molecule has 0 amide bonds. The second-order valence-corrected chi connectivity index (χ2v) is 3.14. The fraction of sp³-hybridized carbons (Fsp3) is 0.600. The number of nitrogens with one attached hydrogen (secondary N) is 1. The molecular weight excluding hydrogens is 182 g/mol. The average molecular weight is 199 g/mol. The van der Waals surface area contributed by atoms with Crippen LogP contribution in [-0.4, -0.2) is 26.6 Å². The lowest BCUT2D eigenvalue weighted by molar-refractivity contribution is -0.119. The highest BCUT2D eigenvalue weighted by Gasteiger charge is 2.14. The van der Waals surface area contributed by atoms with E-state index in [9.17, 15) is 0 Å². The minimum atomic E-state index is -0.220. The van der Waals surface area contributed by atoms with Gasteiger partial charge in [0.25, 0.3) is 0 Å². The maximum atomic E-state index is 5.12. The van der Waals surface area contributed by atoms with Crippen LogP contribution in [0.5, 0.6) is 0 Å². The van der Waals surface area contributed by atoms with E-state index in [0.717, 1.165) is 12.1 Å². The smallest absolute Gasteiger partial charge is 0.171 e. The van der Waals surface area contributed by atoms with Gasteiger partial charge in [0.1, 0.15) is 0 Å². The topological polar surface area (TPSA) is 43.6 Å². The average Bonchev–Trinajstić information content (AvgIpc) is 2.69. The molecule has 0 bridgehead atoms. The molecule has 1 N–H and O–H groups in total. The van der Waals surface area contributed by atoms with Gasteiger partial charge in [0.2, 0.25) is 0 Å². The normalized spacial score (nSPS) is 13.4. The highest BCUT2D eigenvalue weighted by molar-refractivity contribution is 5.04. The Kier molecular flexibility index (Phi) is 4.65. The summed E-state index contributed by atoms with van der Waals surface area (Å²) in [5.74, 6) is 0. The van der Waals surface area contributed by atoms with Crippen LogP contribution in [0.25, 0.3) is 0 Å². The molecule has 80 valence electrons. The number of ether oxygens (including phenoxy) is 2. The molecule has 1 aromatic heterocycles. The standard InChI is InChI=1S/C10H17NO3/c1-8(10(12-2)13-3)11-6-9-4-5-14-7-9/h4-5,7-8,10-11H,6H2,1-3H3. The molecule has 0 aliphatic carbocycles. The Bertz CT molecular complexity index is 232. The summed E-state index contributed by atoms with van der Waals surface area (Å²) < 4.78 is 15.2. The summed E-state index contributed by atoms with van der Waals surface area (Å²) in [6, 6.07) is 2.06. The van der Waals surface area contributed by atoms with Crippen LogP contribution < -0.4 is 5.32 Å². The first-order chi connectivity index (χ1) is 6.77. The van der Waals surface area contributed by atoms with Crippen LogP contribution in [0, 0.1) is 0 Å². The molecule has 1 rings (SSSR count). The molecule has 0 radical (unpaired) electrons. The molecule has 1 aromatic rings. The van der Waals surface area contributed by atoms with E-state index in [1.54, 1.807) is 26.7 Å². The molecule has 0 saturated heterocycles. The molecule has 0 fully saturated rings. The third kappa shape index (κ3) is 3.14. The number of hydrogen-bond acceptors (Lipinski definition) is 4. The second kappa shape index (κ2) is 5.80. The van der Waals surface area contributed by atoms with Crippen LogP contribution in [0.2, 0.25) is 0 Å². The largest absolute Gasteiger partial charge is 0.472 e. The maximum absolute atomic E-state index is 5.12. The Balaban J connectivity index is 2.30. The Morgan fingerprint density at radius 1 is 1.43 bits per heavy atom. The zero-order valence-corrected chi connectivity index (χ0v) is 8.82. The molecule has 0 aliphatic heterocycles. The third-order valence-electron chi connectivity index (χ3n) is 2.08. The second-order valence-electron chi connectivity index (χ2n) is 3.14. The van der Waals surface area contributed by atoms with Gasteiger partial charge in [-0.2, -0.15) is 0 Å². The molecule has 1 atom stereocenters. The fourth-order valence-electron chi connectivity index (χ4n) is 1.27. The fourth-order valence-corrected chi connectivity index (χ4v) is 1.27. The maximum Gasteiger partial charge on any atom is 0.171 e. The van der Waals surface area contributed by atoms with Crippen molar-refractivity contribution in [3.8, 4) is 0 Å². The van der Waals surface area contributed by atoms with Crippen molar-refractivity contribution in [2.45, 2.75) is 25.8 Å².